The van der Waals surface area contributed by atoms with E-state index in [1.165, 1.54) is 0 Å². The molecule has 142 valence electrons. The topological polar surface area (TPSA) is 54.5 Å². The van der Waals surface area contributed by atoms with Crippen LogP contribution in [0.4, 0.5) is 10.5 Å². The number of amides is 1. The summed E-state index contributed by atoms with van der Waals surface area (Å²) in [6.07, 6.45) is 6.03. The van der Waals surface area contributed by atoms with Crippen molar-refractivity contribution in [1.82, 2.24) is 9.88 Å². The van der Waals surface area contributed by atoms with Gasteiger partial charge in [0.1, 0.15) is 6.10 Å². The lowest BCUT2D eigenvalue weighted by Crippen LogP contribution is -2.60. The number of piperidine rings is 3. The van der Waals surface area contributed by atoms with E-state index in [0.717, 1.165) is 37.9 Å². The van der Waals surface area contributed by atoms with Gasteiger partial charge in [-0.25, -0.2) is 4.79 Å². The average Bonchev–Trinajstić information content (AvgIpc) is 2.68. The third kappa shape index (κ3) is 4.21. The second-order valence-electron chi connectivity index (χ2n) is 7.13. The summed E-state index contributed by atoms with van der Waals surface area (Å²) in [6.45, 7) is 2.12. The summed E-state index contributed by atoms with van der Waals surface area (Å²) in [5.74, 6) is 0.399. The number of halogens is 2. The van der Waals surface area contributed by atoms with Gasteiger partial charge < -0.3 is 4.74 Å². The minimum atomic E-state index is -0.455. The number of nitrogens with zero attached hydrogens (tertiary/aromatic N) is 2. The van der Waals surface area contributed by atoms with Crippen LogP contribution in [0.2, 0.25) is 10.0 Å². The maximum absolute atomic E-state index is 12.5. The second-order valence-corrected chi connectivity index (χ2v) is 7.94. The molecule has 2 bridgehead atoms. The SMILES string of the molecule is O=C(Nc1ccc(Cl)c(Cl)c1)O[C@H]1C2CCN(CC2)[C@@H]1Cc1cccnc1. The summed E-state index contributed by atoms with van der Waals surface area (Å²) in [5.41, 5.74) is 1.73. The van der Waals surface area contributed by atoms with Gasteiger partial charge in [0.05, 0.1) is 16.1 Å². The Bertz CT molecular complexity index is 810. The van der Waals surface area contributed by atoms with E-state index in [9.17, 15) is 4.79 Å². The van der Waals surface area contributed by atoms with Gasteiger partial charge in [-0.05, 0) is 62.2 Å². The summed E-state index contributed by atoms with van der Waals surface area (Å²) < 4.78 is 5.90. The molecule has 5 nitrogen and oxygen atoms in total. The van der Waals surface area contributed by atoms with Gasteiger partial charge in [-0.1, -0.05) is 29.3 Å². The zero-order chi connectivity index (χ0) is 18.8. The van der Waals surface area contributed by atoms with Crippen LogP contribution in [0.15, 0.2) is 42.7 Å². The molecule has 0 saturated carbocycles. The average molecular weight is 406 g/mol. The number of nitrogens with one attached hydrogen (secondary N) is 1. The smallest absolute Gasteiger partial charge is 0.411 e. The third-order valence-corrected chi connectivity index (χ3v) is 6.20. The number of ether oxygens (including phenoxy) is 1. The molecule has 0 radical (unpaired) electrons. The molecule has 0 spiro atoms. The number of hydrogen-bond acceptors (Lipinski definition) is 4. The van der Waals surface area contributed by atoms with Crippen molar-refractivity contribution in [2.24, 2.45) is 5.92 Å². The van der Waals surface area contributed by atoms with Gasteiger partial charge in [0.15, 0.2) is 0 Å². The van der Waals surface area contributed by atoms with Crippen LogP contribution in [0, 0.1) is 5.92 Å². The van der Waals surface area contributed by atoms with E-state index >= 15 is 0 Å². The van der Waals surface area contributed by atoms with Crippen molar-refractivity contribution in [2.75, 3.05) is 18.4 Å². The number of aromatic nitrogens is 1. The minimum Gasteiger partial charge on any atom is -0.444 e. The number of anilines is 1. The van der Waals surface area contributed by atoms with Crippen LogP contribution in [0.25, 0.3) is 0 Å². The van der Waals surface area contributed by atoms with Gasteiger partial charge in [-0.15, -0.1) is 0 Å². The summed E-state index contributed by atoms with van der Waals surface area (Å²) >= 11 is 11.9. The molecule has 1 amide bonds. The number of fused-ring (bicyclic) bond motifs is 3. The quantitative estimate of drug-likeness (QED) is 0.804. The Kier molecular flexibility index (Phi) is 5.53. The summed E-state index contributed by atoms with van der Waals surface area (Å²) in [5, 5.41) is 3.61. The molecule has 3 saturated heterocycles. The summed E-state index contributed by atoms with van der Waals surface area (Å²) in [7, 11) is 0. The zero-order valence-electron chi connectivity index (χ0n) is 14.8. The van der Waals surface area contributed by atoms with E-state index in [1.807, 2.05) is 12.3 Å². The number of rotatable bonds is 4. The molecule has 1 aromatic carbocycles. The summed E-state index contributed by atoms with van der Waals surface area (Å²) in [4.78, 5) is 19.2. The normalized spacial score (nSPS) is 26.6. The van der Waals surface area contributed by atoms with Gasteiger partial charge in [-0.2, -0.15) is 0 Å². The Labute approximate surface area is 168 Å². The molecule has 2 atom stereocenters. The number of carbonyl (C=O) groups excluding carboxylic acids is 1. The first-order chi connectivity index (χ1) is 13.1. The van der Waals surface area contributed by atoms with Gasteiger partial charge in [0.25, 0.3) is 0 Å². The van der Waals surface area contributed by atoms with Crippen molar-refractivity contribution in [3.63, 3.8) is 0 Å². The second kappa shape index (κ2) is 8.05. The first kappa shape index (κ1) is 18.5. The largest absolute Gasteiger partial charge is 0.444 e. The molecule has 7 heteroatoms. The van der Waals surface area contributed by atoms with E-state index in [1.54, 1.807) is 24.4 Å². The molecule has 3 aliphatic heterocycles. The fourth-order valence-corrected chi connectivity index (χ4v) is 4.42. The molecule has 5 rings (SSSR count). The van der Waals surface area contributed by atoms with Crippen LogP contribution in [0.3, 0.4) is 0 Å². The van der Waals surface area contributed by atoms with E-state index in [2.05, 4.69) is 21.3 Å². The van der Waals surface area contributed by atoms with Gasteiger partial charge in [-0.3, -0.25) is 15.2 Å². The standard InChI is InChI=1S/C20H21Cl2N3O2/c21-16-4-3-15(11-17(16)22)24-20(26)27-19-14-5-8-25(9-6-14)18(19)10-13-2-1-7-23-12-13/h1-4,7,11-12,14,18-19H,5-6,8-10H2,(H,24,26)/t18-,19+/m1/s1. The van der Waals surface area contributed by atoms with Crippen LogP contribution < -0.4 is 5.32 Å². The van der Waals surface area contributed by atoms with Crippen molar-refractivity contribution in [3.05, 3.63) is 58.3 Å². The van der Waals surface area contributed by atoms with Crippen LogP contribution >= 0.6 is 23.2 Å². The fraction of sp³-hybridized carbons (Fsp3) is 0.400. The molecule has 3 fully saturated rings. The molecule has 0 unspecified atom stereocenters. The molecule has 0 aliphatic carbocycles. The Morgan fingerprint density at radius 2 is 2.04 bits per heavy atom. The van der Waals surface area contributed by atoms with Crippen molar-refractivity contribution in [1.29, 1.82) is 0 Å². The molecular weight excluding hydrogens is 385 g/mol. The number of benzene rings is 1. The highest BCUT2D eigenvalue weighted by molar-refractivity contribution is 6.42. The van der Waals surface area contributed by atoms with Crippen molar-refractivity contribution < 1.29 is 9.53 Å². The Hall–Kier alpha value is -1.82. The van der Waals surface area contributed by atoms with Crippen LogP contribution in [0.1, 0.15) is 18.4 Å². The molecule has 1 aromatic heterocycles. The molecule has 3 aliphatic rings. The Morgan fingerprint density at radius 1 is 1.22 bits per heavy atom. The predicted octanol–water partition coefficient (Wildman–Crippen LogP) is 4.64. The molecular formula is C20H21Cl2N3O2. The van der Waals surface area contributed by atoms with Gasteiger partial charge in [0, 0.05) is 24.0 Å². The first-order valence-corrected chi connectivity index (χ1v) is 9.91. The lowest BCUT2D eigenvalue weighted by molar-refractivity contribution is -0.0741. The van der Waals surface area contributed by atoms with Gasteiger partial charge in [0.2, 0.25) is 0 Å². The van der Waals surface area contributed by atoms with Crippen molar-refractivity contribution in [2.45, 2.75) is 31.4 Å². The van der Waals surface area contributed by atoms with Crippen molar-refractivity contribution >= 4 is 35.0 Å². The first-order valence-electron chi connectivity index (χ1n) is 9.16. The maximum Gasteiger partial charge on any atom is 0.411 e. The van der Waals surface area contributed by atoms with Crippen LogP contribution in [-0.4, -0.2) is 41.2 Å². The fourth-order valence-electron chi connectivity index (χ4n) is 4.13. The van der Waals surface area contributed by atoms with Crippen LogP contribution in [0.5, 0.6) is 0 Å². The molecule has 1 N–H and O–H groups in total. The molecule has 27 heavy (non-hydrogen) atoms. The van der Waals surface area contributed by atoms with Crippen molar-refractivity contribution in [3.8, 4) is 0 Å². The van der Waals surface area contributed by atoms with Crippen LogP contribution in [-0.2, 0) is 11.2 Å². The molecule has 4 heterocycles. The Balaban J connectivity index is 1.46. The zero-order valence-corrected chi connectivity index (χ0v) is 16.3. The van der Waals surface area contributed by atoms with E-state index in [-0.39, 0.29) is 12.1 Å². The van der Waals surface area contributed by atoms with E-state index in [0.29, 0.717) is 21.7 Å². The third-order valence-electron chi connectivity index (χ3n) is 5.46. The highest BCUT2D eigenvalue weighted by Crippen LogP contribution is 2.36. The molecule has 2 aromatic rings. The lowest BCUT2D eigenvalue weighted by atomic mass is 9.78. The number of pyridine rings is 1. The highest BCUT2D eigenvalue weighted by Gasteiger charge is 2.44. The lowest BCUT2D eigenvalue weighted by Gasteiger charge is -2.50. The minimum absolute atomic E-state index is 0.129. The number of carbonyl (C=O) groups is 1. The predicted molar refractivity (Wildman–Crippen MR) is 106 cm³/mol. The summed E-state index contributed by atoms with van der Waals surface area (Å²) in [6, 6.07) is 9.18. The number of hydrogen-bond donors (Lipinski definition) is 1. The monoisotopic (exact) mass is 405 g/mol. The van der Waals surface area contributed by atoms with E-state index < -0.39 is 6.09 Å². The van der Waals surface area contributed by atoms with Gasteiger partial charge >= 0.3 is 6.09 Å². The Morgan fingerprint density at radius 3 is 2.74 bits per heavy atom. The highest BCUT2D eigenvalue weighted by atomic mass is 35.5. The van der Waals surface area contributed by atoms with E-state index in [4.69, 9.17) is 27.9 Å². The maximum atomic E-state index is 12.5.